The van der Waals surface area contributed by atoms with Crippen LogP contribution in [0, 0.1) is 5.82 Å². The number of carbonyl (C=O) groups is 1. The van der Waals surface area contributed by atoms with Gasteiger partial charge >= 0.3 is 0 Å². The van der Waals surface area contributed by atoms with Gasteiger partial charge in [0.25, 0.3) is 0 Å². The number of nitrogens with zero attached hydrogens (tertiary/aromatic N) is 2. The van der Waals surface area contributed by atoms with Crippen LogP contribution in [0.3, 0.4) is 0 Å². The molecular weight excluding hydrogens is 255 g/mol. The maximum Gasteiger partial charge on any atom is 0.240 e. The Morgan fingerprint density at radius 3 is 2.44 bits per heavy atom. The first-order valence-corrected chi connectivity index (χ1v) is 6.45. The summed E-state index contributed by atoms with van der Waals surface area (Å²) in [6, 6.07) is 6.70. The highest BCUT2D eigenvalue weighted by atomic mass is 35.5. The molecule has 18 heavy (non-hydrogen) atoms. The zero-order valence-electron chi connectivity index (χ0n) is 10.3. The Balaban J connectivity index is 1.99. The summed E-state index contributed by atoms with van der Waals surface area (Å²) >= 11 is 5.78. The van der Waals surface area contributed by atoms with Crippen molar-refractivity contribution in [2.24, 2.45) is 0 Å². The van der Waals surface area contributed by atoms with Gasteiger partial charge in [0.05, 0.1) is 5.69 Å². The molecule has 1 aromatic carbocycles. The highest BCUT2D eigenvalue weighted by Crippen LogP contribution is 2.20. The van der Waals surface area contributed by atoms with Crippen molar-refractivity contribution in [2.45, 2.75) is 12.3 Å². The Labute approximate surface area is 111 Å². The number of carbonyl (C=O) groups excluding carboxylic acids is 1. The van der Waals surface area contributed by atoms with E-state index in [9.17, 15) is 9.18 Å². The lowest BCUT2D eigenvalue weighted by atomic mass is 10.2. The molecule has 1 amide bonds. The lowest BCUT2D eigenvalue weighted by Gasteiger charge is -2.36. The molecule has 98 valence electrons. The summed E-state index contributed by atoms with van der Waals surface area (Å²) in [5.74, 6) is -0.271. The van der Waals surface area contributed by atoms with Crippen molar-refractivity contribution >= 4 is 23.2 Å². The lowest BCUT2D eigenvalue weighted by Crippen LogP contribution is -2.50. The van der Waals surface area contributed by atoms with Crippen LogP contribution in [0.25, 0.3) is 0 Å². The van der Waals surface area contributed by atoms with Crippen LogP contribution in [-0.2, 0) is 4.79 Å². The van der Waals surface area contributed by atoms with E-state index in [4.69, 9.17) is 11.6 Å². The summed E-state index contributed by atoms with van der Waals surface area (Å²) in [7, 11) is 0. The molecule has 1 atom stereocenters. The van der Waals surface area contributed by atoms with Gasteiger partial charge in [0.15, 0.2) is 0 Å². The van der Waals surface area contributed by atoms with Gasteiger partial charge in [0, 0.05) is 26.2 Å². The molecule has 0 bridgehead atoms. The summed E-state index contributed by atoms with van der Waals surface area (Å²) in [6.45, 7) is 4.12. The minimum atomic E-state index is -0.495. The van der Waals surface area contributed by atoms with Crippen molar-refractivity contribution in [3.63, 3.8) is 0 Å². The number of piperazine rings is 1. The Morgan fingerprint density at radius 2 is 1.89 bits per heavy atom. The fourth-order valence-corrected chi connectivity index (χ4v) is 2.27. The molecule has 0 aromatic heterocycles. The second-order valence-electron chi connectivity index (χ2n) is 4.38. The molecule has 5 heteroatoms. The fourth-order valence-electron chi connectivity index (χ4n) is 2.13. The maximum atomic E-state index is 13.6. The molecule has 0 radical (unpaired) electrons. The highest BCUT2D eigenvalue weighted by Gasteiger charge is 2.24. The minimum absolute atomic E-state index is 0.0511. The summed E-state index contributed by atoms with van der Waals surface area (Å²) in [6.07, 6.45) is 0. The zero-order chi connectivity index (χ0) is 13.1. The lowest BCUT2D eigenvalue weighted by molar-refractivity contribution is -0.130. The SMILES string of the molecule is CC(Cl)C(=O)N1CCN(c2ccccc2F)CC1. The van der Waals surface area contributed by atoms with Gasteiger partial charge in [-0.1, -0.05) is 12.1 Å². The van der Waals surface area contributed by atoms with Crippen LogP contribution in [0.4, 0.5) is 10.1 Å². The third-order valence-electron chi connectivity index (χ3n) is 3.12. The second-order valence-corrected chi connectivity index (χ2v) is 5.03. The zero-order valence-corrected chi connectivity index (χ0v) is 11.0. The average Bonchev–Trinajstić information content (AvgIpc) is 2.38. The Bertz CT molecular complexity index is 431. The van der Waals surface area contributed by atoms with Crippen molar-refractivity contribution in [1.82, 2.24) is 4.90 Å². The monoisotopic (exact) mass is 270 g/mol. The molecule has 0 saturated carbocycles. The molecule has 1 aliphatic heterocycles. The van der Waals surface area contributed by atoms with Crippen molar-refractivity contribution in [3.05, 3.63) is 30.1 Å². The predicted octanol–water partition coefficient (Wildman–Crippen LogP) is 2.10. The average molecular weight is 271 g/mol. The Morgan fingerprint density at radius 1 is 1.28 bits per heavy atom. The first-order valence-electron chi connectivity index (χ1n) is 6.02. The summed E-state index contributed by atoms with van der Waals surface area (Å²) < 4.78 is 13.6. The maximum absolute atomic E-state index is 13.6. The van der Waals surface area contributed by atoms with Crippen LogP contribution in [-0.4, -0.2) is 42.4 Å². The molecule has 1 heterocycles. The van der Waals surface area contributed by atoms with E-state index in [-0.39, 0.29) is 11.7 Å². The highest BCUT2D eigenvalue weighted by molar-refractivity contribution is 6.30. The molecule has 0 aliphatic carbocycles. The van der Waals surface area contributed by atoms with Gasteiger partial charge in [-0.15, -0.1) is 11.6 Å². The van der Waals surface area contributed by atoms with Crippen LogP contribution in [0.2, 0.25) is 0 Å². The van der Waals surface area contributed by atoms with E-state index in [0.717, 1.165) is 0 Å². The fraction of sp³-hybridized carbons (Fsp3) is 0.462. The largest absolute Gasteiger partial charge is 0.366 e. The quantitative estimate of drug-likeness (QED) is 0.769. The first kappa shape index (κ1) is 13.1. The third-order valence-corrected chi connectivity index (χ3v) is 3.31. The minimum Gasteiger partial charge on any atom is -0.366 e. The van der Waals surface area contributed by atoms with E-state index >= 15 is 0 Å². The van der Waals surface area contributed by atoms with Gasteiger partial charge in [-0.05, 0) is 19.1 Å². The van der Waals surface area contributed by atoms with Crippen molar-refractivity contribution in [1.29, 1.82) is 0 Å². The molecule has 2 rings (SSSR count). The van der Waals surface area contributed by atoms with Gasteiger partial charge in [-0.3, -0.25) is 4.79 Å². The number of alkyl halides is 1. The number of hydrogen-bond acceptors (Lipinski definition) is 2. The smallest absolute Gasteiger partial charge is 0.240 e. The number of para-hydroxylation sites is 1. The normalized spacial score (nSPS) is 17.7. The molecule has 1 saturated heterocycles. The Hall–Kier alpha value is -1.29. The van der Waals surface area contributed by atoms with E-state index < -0.39 is 5.38 Å². The molecule has 1 fully saturated rings. The van der Waals surface area contributed by atoms with Gasteiger partial charge in [-0.2, -0.15) is 0 Å². The van der Waals surface area contributed by atoms with Crippen LogP contribution in [0.15, 0.2) is 24.3 Å². The van der Waals surface area contributed by atoms with Gasteiger partial charge in [0.2, 0.25) is 5.91 Å². The molecule has 0 spiro atoms. The van der Waals surface area contributed by atoms with E-state index in [2.05, 4.69) is 0 Å². The van der Waals surface area contributed by atoms with Crippen LogP contribution >= 0.6 is 11.6 Å². The molecule has 0 N–H and O–H groups in total. The van der Waals surface area contributed by atoms with E-state index in [1.165, 1.54) is 6.07 Å². The number of amides is 1. The van der Waals surface area contributed by atoms with E-state index in [1.54, 1.807) is 24.0 Å². The summed E-state index contributed by atoms with van der Waals surface area (Å²) in [5.41, 5.74) is 0.600. The second kappa shape index (κ2) is 5.57. The van der Waals surface area contributed by atoms with E-state index in [1.807, 2.05) is 11.0 Å². The molecule has 3 nitrogen and oxygen atoms in total. The third kappa shape index (κ3) is 2.75. The van der Waals surface area contributed by atoms with Crippen LogP contribution in [0.5, 0.6) is 0 Å². The topological polar surface area (TPSA) is 23.6 Å². The summed E-state index contributed by atoms with van der Waals surface area (Å²) in [5, 5.41) is -0.495. The molecule has 1 aliphatic rings. The van der Waals surface area contributed by atoms with Gasteiger partial charge < -0.3 is 9.80 Å². The number of anilines is 1. The van der Waals surface area contributed by atoms with Crippen molar-refractivity contribution in [2.75, 3.05) is 31.1 Å². The Kier molecular flexibility index (Phi) is 4.07. The number of benzene rings is 1. The number of rotatable bonds is 2. The van der Waals surface area contributed by atoms with E-state index in [0.29, 0.717) is 31.9 Å². The van der Waals surface area contributed by atoms with Crippen molar-refractivity contribution < 1.29 is 9.18 Å². The standard InChI is InChI=1S/C13H16ClFN2O/c1-10(14)13(18)17-8-6-16(7-9-17)12-5-3-2-4-11(12)15/h2-5,10H,6-9H2,1H3. The van der Waals surface area contributed by atoms with Crippen LogP contribution < -0.4 is 4.90 Å². The number of halogens is 2. The molecule has 1 aromatic rings. The van der Waals surface area contributed by atoms with Gasteiger partial charge in [-0.25, -0.2) is 4.39 Å². The molecule has 1 unspecified atom stereocenters. The number of hydrogen-bond donors (Lipinski definition) is 0. The van der Waals surface area contributed by atoms with Crippen molar-refractivity contribution in [3.8, 4) is 0 Å². The first-order chi connectivity index (χ1) is 8.59. The molecular formula is C13H16ClFN2O. The summed E-state index contributed by atoms with van der Waals surface area (Å²) in [4.78, 5) is 15.4. The van der Waals surface area contributed by atoms with Gasteiger partial charge in [0.1, 0.15) is 11.2 Å². The van der Waals surface area contributed by atoms with Crippen LogP contribution in [0.1, 0.15) is 6.92 Å². The predicted molar refractivity (Wildman–Crippen MR) is 70.5 cm³/mol.